The molecule has 23 heavy (non-hydrogen) atoms. The zero-order valence-electron chi connectivity index (χ0n) is 13.7. The maximum Gasteiger partial charge on any atom is 0.173 e. The van der Waals surface area contributed by atoms with Crippen LogP contribution >= 0.6 is 12.2 Å². The molecule has 0 aliphatic carbocycles. The smallest absolute Gasteiger partial charge is 0.173 e. The van der Waals surface area contributed by atoms with Crippen molar-refractivity contribution < 1.29 is 0 Å². The molecule has 3 rings (SSSR count). The number of hydrogen-bond donors (Lipinski definition) is 1. The predicted octanol–water partition coefficient (Wildman–Crippen LogP) is 2.24. The molecule has 1 saturated heterocycles. The van der Waals surface area contributed by atoms with Gasteiger partial charge in [-0.2, -0.15) is 5.10 Å². The highest BCUT2D eigenvalue weighted by atomic mass is 32.1. The van der Waals surface area contributed by atoms with Crippen LogP contribution in [0, 0.1) is 6.92 Å². The summed E-state index contributed by atoms with van der Waals surface area (Å²) < 4.78 is 1.89. The number of aromatic nitrogens is 2. The molecular formula is C17H23N5S. The van der Waals surface area contributed by atoms with Crippen LogP contribution in [0.5, 0.6) is 0 Å². The average Bonchev–Trinajstić information content (AvgIpc) is 2.86. The van der Waals surface area contributed by atoms with Crippen LogP contribution in [0.1, 0.15) is 11.3 Å². The molecule has 1 aliphatic rings. The summed E-state index contributed by atoms with van der Waals surface area (Å²) in [6.45, 7) is 6.99. The van der Waals surface area contributed by atoms with E-state index >= 15 is 0 Å². The van der Waals surface area contributed by atoms with Crippen LogP contribution in [0.3, 0.4) is 0 Å². The fourth-order valence-electron chi connectivity index (χ4n) is 2.88. The van der Waals surface area contributed by atoms with Crippen LogP contribution in [-0.4, -0.2) is 50.9 Å². The first kappa shape index (κ1) is 16.0. The third-order valence-electron chi connectivity index (χ3n) is 4.19. The number of hydrogen-bond acceptors (Lipinski definition) is 3. The quantitative estimate of drug-likeness (QED) is 0.874. The number of rotatable bonds is 3. The van der Waals surface area contributed by atoms with Crippen molar-refractivity contribution in [3.63, 3.8) is 0 Å². The van der Waals surface area contributed by atoms with Crippen molar-refractivity contribution >= 4 is 23.0 Å². The number of thiocarbonyl (C=S) groups is 1. The molecule has 2 aromatic rings. The Morgan fingerprint density at radius 3 is 2.48 bits per heavy atom. The van der Waals surface area contributed by atoms with E-state index in [4.69, 9.17) is 12.2 Å². The van der Waals surface area contributed by atoms with Crippen molar-refractivity contribution in [1.29, 1.82) is 0 Å². The Balaban J connectivity index is 1.50. The lowest BCUT2D eigenvalue weighted by Crippen LogP contribution is -2.49. The highest BCUT2D eigenvalue weighted by Crippen LogP contribution is 2.13. The number of para-hydroxylation sites is 1. The standard InChI is InChI=1S/C17H23N5S/c1-14-15(12-20(2)19-14)13-21-8-10-22(11-9-21)17(23)18-16-6-4-3-5-7-16/h3-7,12H,8-11,13H2,1-2H3,(H,18,23). The van der Waals surface area contributed by atoms with E-state index in [0.29, 0.717) is 0 Å². The van der Waals surface area contributed by atoms with Gasteiger partial charge in [0.2, 0.25) is 0 Å². The minimum absolute atomic E-state index is 0.813. The normalized spacial score (nSPS) is 15.7. The van der Waals surface area contributed by atoms with Crippen molar-refractivity contribution in [2.75, 3.05) is 31.5 Å². The molecule has 1 aliphatic heterocycles. The van der Waals surface area contributed by atoms with Gasteiger partial charge >= 0.3 is 0 Å². The molecule has 1 aromatic carbocycles. The lowest BCUT2D eigenvalue weighted by molar-refractivity contribution is 0.176. The second-order valence-electron chi connectivity index (χ2n) is 5.97. The third kappa shape index (κ3) is 4.09. The Kier molecular flexibility index (Phi) is 4.93. The highest BCUT2D eigenvalue weighted by molar-refractivity contribution is 7.80. The lowest BCUT2D eigenvalue weighted by Gasteiger charge is -2.36. The number of nitrogens with one attached hydrogen (secondary N) is 1. The summed E-state index contributed by atoms with van der Waals surface area (Å²) in [7, 11) is 1.97. The topological polar surface area (TPSA) is 36.3 Å². The molecule has 5 nitrogen and oxygen atoms in total. The lowest BCUT2D eigenvalue weighted by atomic mass is 10.2. The van der Waals surface area contributed by atoms with Crippen molar-refractivity contribution in [3.05, 3.63) is 47.8 Å². The first-order valence-electron chi connectivity index (χ1n) is 7.94. The van der Waals surface area contributed by atoms with Crippen LogP contribution < -0.4 is 5.32 Å². The Bertz CT molecular complexity index is 659. The van der Waals surface area contributed by atoms with Crippen LogP contribution in [0.25, 0.3) is 0 Å². The molecule has 0 bridgehead atoms. The van der Waals surface area contributed by atoms with Gasteiger partial charge in [-0.15, -0.1) is 0 Å². The molecule has 2 heterocycles. The van der Waals surface area contributed by atoms with Crippen LogP contribution in [0.15, 0.2) is 36.5 Å². The van der Waals surface area contributed by atoms with Gasteiger partial charge in [0, 0.05) is 57.2 Å². The second kappa shape index (κ2) is 7.10. The van der Waals surface area contributed by atoms with E-state index in [9.17, 15) is 0 Å². The summed E-state index contributed by atoms with van der Waals surface area (Å²) in [5.74, 6) is 0. The molecular weight excluding hydrogens is 306 g/mol. The van der Waals surface area contributed by atoms with Crippen molar-refractivity contribution in [2.45, 2.75) is 13.5 Å². The fourth-order valence-corrected chi connectivity index (χ4v) is 3.18. The third-order valence-corrected chi connectivity index (χ3v) is 4.55. The Hall–Kier alpha value is -1.92. The Morgan fingerprint density at radius 2 is 1.87 bits per heavy atom. The number of nitrogens with zero attached hydrogens (tertiary/aromatic N) is 4. The van der Waals surface area contributed by atoms with E-state index < -0.39 is 0 Å². The Morgan fingerprint density at radius 1 is 1.17 bits per heavy atom. The van der Waals surface area contributed by atoms with E-state index in [1.165, 1.54) is 5.56 Å². The monoisotopic (exact) mass is 329 g/mol. The second-order valence-corrected chi connectivity index (χ2v) is 6.36. The Labute approximate surface area is 142 Å². The van der Waals surface area contributed by atoms with Crippen LogP contribution in [0.4, 0.5) is 5.69 Å². The largest absolute Gasteiger partial charge is 0.346 e. The van der Waals surface area contributed by atoms with Gasteiger partial charge in [-0.25, -0.2) is 0 Å². The van der Waals surface area contributed by atoms with Gasteiger partial charge < -0.3 is 10.2 Å². The van der Waals surface area contributed by atoms with E-state index in [1.54, 1.807) is 0 Å². The SMILES string of the molecule is Cc1nn(C)cc1CN1CCN(C(=S)Nc2ccccc2)CC1. The van der Waals surface area contributed by atoms with E-state index in [0.717, 1.165) is 49.2 Å². The predicted molar refractivity (Wildman–Crippen MR) is 97.5 cm³/mol. The van der Waals surface area contributed by atoms with Crippen molar-refractivity contribution in [1.82, 2.24) is 19.6 Å². The van der Waals surface area contributed by atoms with Gasteiger partial charge in [0.15, 0.2) is 5.11 Å². The molecule has 0 unspecified atom stereocenters. The van der Waals surface area contributed by atoms with Gasteiger partial charge in [0.05, 0.1) is 5.69 Å². The zero-order valence-corrected chi connectivity index (χ0v) is 14.5. The fraction of sp³-hybridized carbons (Fsp3) is 0.412. The van der Waals surface area contributed by atoms with E-state index in [-0.39, 0.29) is 0 Å². The molecule has 0 amide bonds. The summed E-state index contributed by atoms with van der Waals surface area (Å²) in [6.07, 6.45) is 2.11. The average molecular weight is 329 g/mol. The summed E-state index contributed by atoms with van der Waals surface area (Å²) in [5, 5.41) is 8.54. The van der Waals surface area contributed by atoms with Crippen molar-refractivity contribution in [2.24, 2.45) is 7.05 Å². The van der Waals surface area contributed by atoms with E-state index in [1.807, 2.05) is 42.1 Å². The zero-order chi connectivity index (χ0) is 16.2. The number of benzene rings is 1. The number of piperazine rings is 1. The highest BCUT2D eigenvalue weighted by Gasteiger charge is 2.20. The first-order chi connectivity index (χ1) is 11.1. The van der Waals surface area contributed by atoms with Crippen LogP contribution in [-0.2, 0) is 13.6 Å². The maximum atomic E-state index is 5.53. The molecule has 0 saturated carbocycles. The number of anilines is 1. The molecule has 1 N–H and O–H groups in total. The van der Waals surface area contributed by atoms with Gasteiger partial charge in [0.1, 0.15) is 0 Å². The molecule has 6 heteroatoms. The molecule has 0 spiro atoms. The first-order valence-corrected chi connectivity index (χ1v) is 8.35. The molecule has 0 radical (unpaired) electrons. The molecule has 1 aromatic heterocycles. The summed E-state index contributed by atoms with van der Waals surface area (Å²) >= 11 is 5.53. The minimum Gasteiger partial charge on any atom is -0.346 e. The van der Waals surface area contributed by atoms with Gasteiger partial charge in [0.25, 0.3) is 0 Å². The van der Waals surface area contributed by atoms with E-state index in [2.05, 4.69) is 33.3 Å². The summed E-state index contributed by atoms with van der Waals surface area (Å²) in [5.41, 5.74) is 3.48. The van der Waals surface area contributed by atoms with Gasteiger partial charge in [-0.3, -0.25) is 9.58 Å². The molecule has 1 fully saturated rings. The maximum absolute atomic E-state index is 5.53. The van der Waals surface area contributed by atoms with Crippen molar-refractivity contribution in [3.8, 4) is 0 Å². The molecule has 122 valence electrons. The molecule has 0 atom stereocenters. The van der Waals surface area contributed by atoms with Gasteiger partial charge in [-0.1, -0.05) is 18.2 Å². The summed E-state index contributed by atoms with van der Waals surface area (Å²) in [4.78, 5) is 4.71. The van der Waals surface area contributed by atoms with Gasteiger partial charge in [-0.05, 0) is 31.3 Å². The number of aryl methyl sites for hydroxylation is 2. The van der Waals surface area contributed by atoms with Crippen LogP contribution in [0.2, 0.25) is 0 Å². The summed E-state index contributed by atoms with van der Waals surface area (Å²) in [6, 6.07) is 10.1. The minimum atomic E-state index is 0.813.